The number of likely N-dealkylation sites (N-methyl/N-ethyl adjacent to an activating group) is 2. The van der Waals surface area contributed by atoms with Gasteiger partial charge in [-0.1, -0.05) is 0 Å². The molecule has 0 saturated carbocycles. The van der Waals surface area contributed by atoms with Crippen LogP contribution in [0.5, 0.6) is 0 Å². The monoisotopic (exact) mass is 321 g/mol. The Morgan fingerprint density at radius 1 is 1.52 bits per heavy atom. The lowest BCUT2D eigenvalue weighted by Crippen LogP contribution is -2.66. The Morgan fingerprint density at radius 3 is 2.96 bits per heavy atom. The summed E-state index contributed by atoms with van der Waals surface area (Å²) < 4.78 is 5.62. The van der Waals surface area contributed by atoms with Crippen molar-refractivity contribution in [2.45, 2.75) is 18.5 Å². The minimum absolute atomic E-state index is 0.0287. The van der Waals surface area contributed by atoms with Crippen molar-refractivity contribution in [1.82, 2.24) is 24.9 Å². The van der Waals surface area contributed by atoms with Crippen molar-refractivity contribution in [3.63, 3.8) is 0 Å². The summed E-state index contributed by atoms with van der Waals surface area (Å²) in [6.45, 7) is 5.07. The molecule has 0 radical (unpaired) electrons. The zero-order chi connectivity index (χ0) is 16.4. The van der Waals surface area contributed by atoms with Crippen LogP contribution >= 0.6 is 0 Å². The molecule has 128 valence electrons. The number of rotatable bonds is 6. The summed E-state index contributed by atoms with van der Waals surface area (Å²) in [5, 5.41) is 6.87. The van der Waals surface area contributed by atoms with E-state index in [-0.39, 0.29) is 12.5 Å². The zero-order valence-electron chi connectivity index (χ0n) is 14.3. The SMILES string of the molecule is CN(C)C(=O)COC[C@@H]1CN(C)C2(C1)CN(Cc1cn[nH]c1)C2. The van der Waals surface area contributed by atoms with Gasteiger partial charge in [0.15, 0.2) is 0 Å². The number of likely N-dealkylation sites (tertiary alicyclic amines) is 2. The summed E-state index contributed by atoms with van der Waals surface area (Å²) >= 11 is 0. The van der Waals surface area contributed by atoms with Gasteiger partial charge in [-0.05, 0) is 19.4 Å². The molecule has 0 aliphatic carbocycles. The molecule has 23 heavy (non-hydrogen) atoms. The maximum atomic E-state index is 11.5. The Labute approximate surface area is 137 Å². The summed E-state index contributed by atoms with van der Waals surface area (Å²) in [6.07, 6.45) is 5.01. The van der Waals surface area contributed by atoms with E-state index in [1.807, 2.05) is 12.4 Å². The highest BCUT2D eigenvalue weighted by Crippen LogP contribution is 2.39. The number of hydrogen-bond donors (Lipinski definition) is 1. The second-order valence-electron chi connectivity index (χ2n) is 7.23. The normalized spacial score (nSPS) is 24.0. The standard InChI is InChI=1S/C16H27N5O2/c1-19(2)15(22)10-23-9-13-4-16(20(3)7-13)11-21(12-16)8-14-5-17-18-6-14/h5-6,13H,4,7-12H2,1-3H3,(H,17,18)/t13-/m0/s1. The van der Waals surface area contributed by atoms with E-state index in [1.165, 1.54) is 5.56 Å². The quantitative estimate of drug-likeness (QED) is 0.800. The third-order valence-corrected chi connectivity index (χ3v) is 5.09. The minimum atomic E-state index is 0.0287. The van der Waals surface area contributed by atoms with Gasteiger partial charge < -0.3 is 9.64 Å². The van der Waals surface area contributed by atoms with E-state index in [2.05, 4.69) is 27.0 Å². The van der Waals surface area contributed by atoms with Gasteiger partial charge in [0.1, 0.15) is 6.61 Å². The van der Waals surface area contributed by atoms with E-state index in [0.29, 0.717) is 18.1 Å². The van der Waals surface area contributed by atoms with Crippen molar-refractivity contribution < 1.29 is 9.53 Å². The number of carbonyl (C=O) groups excluding carboxylic acids is 1. The minimum Gasteiger partial charge on any atom is -0.371 e. The van der Waals surface area contributed by atoms with E-state index in [0.717, 1.165) is 32.6 Å². The average molecular weight is 321 g/mol. The molecule has 1 atom stereocenters. The molecule has 7 heteroatoms. The Kier molecular flexibility index (Phi) is 4.70. The van der Waals surface area contributed by atoms with E-state index in [1.54, 1.807) is 19.0 Å². The lowest BCUT2D eigenvalue weighted by molar-refractivity contribution is -0.134. The highest BCUT2D eigenvalue weighted by Gasteiger charge is 2.51. The molecule has 2 aliphatic heterocycles. The van der Waals surface area contributed by atoms with E-state index in [9.17, 15) is 4.79 Å². The van der Waals surface area contributed by atoms with Gasteiger partial charge in [0.2, 0.25) is 5.91 Å². The fraction of sp³-hybridized carbons (Fsp3) is 0.750. The molecule has 1 aromatic rings. The number of aromatic amines is 1. The lowest BCUT2D eigenvalue weighted by atomic mass is 9.84. The molecule has 2 saturated heterocycles. The second-order valence-corrected chi connectivity index (χ2v) is 7.23. The molecule has 3 rings (SSSR count). The van der Waals surface area contributed by atoms with Gasteiger partial charge in [0.25, 0.3) is 0 Å². The number of ether oxygens (including phenoxy) is 1. The first-order valence-electron chi connectivity index (χ1n) is 8.18. The van der Waals surface area contributed by atoms with Crippen LogP contribution in [0.2, 0.25) is 0 Å². The van der Waals surface area contributed by atoms with Crippen molar-refractivity contribution in [3.05, 3.63) is 18.0 Å². The number of aromatic nitrogens is 2. The lowest BCUT2D eigenvalue weighted by Gasteiger charge is -2.52. The smallest absolute Gasteiger partial charge is 0.248 e. The summed E-state index contributed by atoms with van der Waals surface area (Å²) in [4.78, 5) is 18.0. The van der Waals surface area contributed by atoms with Crippen LogP contribution in [0.25, 0.3) is 0 Å². The molecular weight excluding hydrogens is 294 g/mol. The fourth-order valence-electron chi connectivity index (χ4n) is 3.78. The largest absolute Gasteiger partial charge is 0.371 e. The fourth-order valence-corrected chi connectivity index (χ4v) is 3.78. The van der Waals surface area contributed by atoms with Crippen molar-refractivity contribution in [3.8, 4) is 0 Å². The third-order valence-electron chi connectivity index (χ3n) is 5.09. The molecule has 3 heterocycles. The van der Waals surface area contributed by atoms with E-state index >= 15 is 0 Å². The van der Waals surface area contributed by atoms with Crippen LogP contribution in [0.4, 0.5) is 0 Å². The van der Waals surface area contributed by atoms with Crippen LogP contribution in [-0.2, 0) is 16.1 Å². The number of nitrogens with one attached hydrogen (secondary N) is 1. The van der Waals surface area contributed by atoms with Gasteiger partial charge in [-0.15, -0.1) is 0 Å². The van der Waals surface area contributed by atoms with Gasteiger partial charge in [0, 0.05) is 57.6 Å². The van der Waals surface area contributed by atoms with Crippen molar-refractivity contribution in [2.75, 3.05) is 54.0 Å². The average Bonchev–Trinajstić information content (AvgIpc) is 3.07. The van der Waals surface area contributed by atoms with Crippen molar-refractivity contribution in [2.24, 2.45) is 5.92 Å². The number of hydrogen-bond acceptors (Lipinski definition) is 5. The first-order valence-corrected chi connectivity index (χ1v) is 8.18. The number of carbonyl (C=O) groups is 1. The first kappa shape index (κ1) is 16.4. The maximum Gasteiger partial charge on any atom is 0.248 e. The molecule has 1 N–H and O–H groups in total. The summed E-state index contributed by atoms with van der Waals surface area (Å²) in [7, 11) is 5.72. The predicted molar refractivity (Wildman–Crippen MR) is 86.8 cm³/mol. The predicted octanol–water partition coefficient (Wildman–Crippen LogP) is 0.0206. The molecule has 1 aromatic heterocycles. The highest BCUT2D eigenvalue weighted by atomic mass is 16.5. The second kappa shape index (κ2) is 6.59. The topological polar surface area (TPSA) is 64.7 Å². The molecule has 1 amide bonds. The molecule has 7 nitrogen and oxygen atoms in total. The van der Waals surface area contributed by atoms with Crippen LogP contribution in [0.1, 0.15) is 12.0 Å². The molecule has 1 spiro atoms. The van der Waals surface area contributed by atoms with Gasteiger partial charge in [-0.25, -0.2) is 0 Å². The molecular formula is C16H27N5O2. The Bertz CT molecular complexity index is 525. The van der Waals surface area contributed by atoms with E-state index < -0.39 is 0 Å². The van der Waals surface area contributed by atoms with Crippen LogP contribution in [0.3, 0.4) is 0 Å². The maximum absolute atomic E-state index is 11.5. The number of amides is 1. The summed E-state index contributed by atoms with van der Waals surface area (Å²) in [6, 6.07) is 0. The molecule has 2 aliphatic rings. The van der Waals surface area contributed by atoms with Gasteiger partial charge in [0.05, 0.1) is 12.8 Å². The van der Waals surface area contributed by atoms with Gasteiger partial charge in [-0.2, -0.15) is 5.10 Å². The van der Waals surface area contributed by atoms with E-state index in [4.69, 9.17) is 4.74 Å². The first-order chi connectivity index (χ1) is 11.0. The van der Waals surface area contributed by atoms with Crippen LogP contribution in [-0.4, -0.2) is 90.3 Å². The Hall–Kier alpha value is -1.44. The van der Waals surface area contributed by atoms with Crippen molar-refractivity contribution in [1.29, 1.82) is 0 Å². The highest BCUT2D eigenvalue weighted by molar-refractivity contribution is 5.76. The molecule has 0 bridgehead atoms. The molecule has 0 aromatic carbocycles. The summed E-state index contributed by atoms with van der Waals surface area (Å²) in [5.41, 5.74) is 1.53. The summed E-state index contributed by atoms with van der Waals surface area (Å²) in [5.74, 6) is 0.548. The van der Waals surface area contributed by atoms with Crippen LogP contribution in [0.15, 0.2) is 12.4 Å². The van der Waals surface area contributed by atoms with Gasteiger partial charge >= 0.3 is 0 Å². The number of H-pyrrole nitrogens is 1. The zero-order valence-corrected chi connectivity index (χ0v) is 14.3. The third kappa shape index (κ3) is 3.57. The van der Waals surface area contributed by atoms with Crippen LogP contribution in [0, 0.1) is 5.92 Å². The molecule has 0 unspecified atom stereocenters. The van der Waals surface area contributed by atoms with Crippen LogP contribution < -0.4 is 0 Å². The van der Waals surface area contributed by atoms with Crippen molar-refractivity contribution >= 4 is 5.91 Å². The Morgan fingerprint density at radius 2 is 2.30 bits per heavy atom. The molecule has 2 fully saturated rings. The number of nitrogens with zero attached hydrogens (tertiary/aromatic N) is 4. The van der Waals surface area contributed by atoms with Gasteiger partial charge in [-0.3, -0.25) is 19.7 Å². The Balaban J connectivity index is 1.42.